The van der Waals surface area contributed by atoms with E-state index < -0.39 is 11.7 Å². The predicted molar refractivity (Wildman–Crippen MR) is 122 cm³/mol. The molecule has 0 saturated carbocycles. The topological polar surface area (TPSA) is 76.4 Å². The molecule has 3 rings (SSSR count). The molecular formula is C22H29ClN6O2. The van der Waals surface area contributed by atoms with E-state index in [0.29, 0.717) is 23.9 Å². The van der Waals surface area contributed by atoms with Gasteiger partial charge in [-0.2, -0.15) is 5.10 Å². The van der Waals surface area contributed by atoms with Crippen LogP contribution in [0.2, 0.25) is 5.15 Å². The molecule has 0 spiro atoms. The number of halogens is 1. The number of carbonyl (C=O) groups is 1. The number of carbonyl (C=O) groups excluding carboxylic acids is 1. The van der Waals surface area contributed by atoms with Crippen LogP contribution in [0.15, 0.2) is 30.6 Å². The van der Waals surface area contributed by atoms with E-state index in [9.17, 15) is 4.79 Å². The van der Waals surface area contributed by atoms with Crippen LogP contribution >= 0.6 is 11.6 Å². The SMILES string of the molecule is Cc1cc(-n2ncc3cc(Cl)nc(CN(CCN(C)C)C(=O)OC(C)(C)C)c32)ccn1. The van der Waals surface area contributed by atoms with Gasteiger partial charge >= 0.3 is 6.09 Å². The van der Waals surface area contributed by atoms with Crippen molar-refractivity contribution >= 4 is 28.6 Å². The largest absolute Gasteiger partial charge is 0.444 e. The number of hydrogen-bond donors (Lipinski definition) is 0. The fraction of sp³-hybridized carbons (Fsp3) is 0.455. The fourth-order valence-electron chi connectivity index (χ4n) is 3.13. The summed E-state index contributed by atoms with van der Waals surface area (Å²) >= 11 is 6.30. The lowest BCUT2D eigenvalue weighted by Crippen LogP contribution is -2.40. The summed E-state index contributed by atoms with van der Waals surface area (Å²) < 4.78 is 7.44. The Labute approximate surface area is 187 Å². The molecule has 0 radical (unpaired) electrons. The highest BCUT2D eigenvalue weighted by atomic mass is 35.5. The second-order valence-corrected chi connectivity index (χ2v) is 9.13. The Hall–Kier alpha value is -2.71. The molecule has 1 amide bonds. The monoisotopic (exact) mass is 444 g/mol. The van der Waals surface area contributed by atoms with E-state index in [4.69, 9.17) is 16.3 Å². The van der Waals surface area contributed by atoms with E-state index in [0.717, 1.165) is 22.3 Å². The number of ether oxygens (including phenoxy) is 1. The molecule has 0 bridgehead atoms. The lowest BCUT2D eigenvalue weighted by atomic mass is 10.2. The fourth-order valence-corrected chi connectivity index (χ4v) is 3.35. The number of aryl methyl sites for hydroxylation is 1. The number of amides is 1. The molecule has 0 aliphatic carbocycles. The summed E-state index contributed by atoms with van der Waals surface area (Å²) in [4.78, 5) is 25.4. The van der Waals surface area contributed by atoms with Crippen molar-refractivity contribution in [2.45, 2.75) is 39.8 Å². The third-order valence-corrected chi connectivity index (χ3v) is 4.72. The first-order valence-corrected chi connectivity index (χ1v) is 10.5. The van der Waals surface area contributed by atoms with Gasteiger partial charge in [-0.3, -0.25) is 4.98 Å². The molecule has 0 fully saturated rings. The summed E-state index contributed by atoms with van der Waals surface area (Å²) in [6.07, 6.45) is 3.10. The first-order valence-electron chi connectivity index (χ1n) is 10.1. The van der Waals surface area contributed by atoms with Crippen LogP contribution in [-0.2, 0) is 11.3 Å². The van der Waals surface area contributed by atoms with E-state index in [1.807, 2.05) is 63.5 Å². The van der Waals surface area contributed by atoms with Crippen LogP contribution < -0.4 is 0 Å². The van der Waals surface area contributed by atoms with Gasteiger partial charge in [-0.15, -0.1) is 0 Å². The first kappa shape index (κ1) is 23.0. The molecule has 0 aromatic carbocycles. The zero-order valence-corrected chi connectivity index (χ0v) is 19.6. The Balaban J connectivity index is 2.04. The van der Waals surface area contributed by atoms with Gasteiger partial charge in [0, 0.05) is 30.4 Å². The van der Waals surface area contributed by atoms with E-state index >= 15 is 0 Å². The van der Waals surface area contributed by atoms with Crippen LogP contribution in [0.4, 0.5) is 4.79 Å². The standard InChI is InChI=1S/C22H29ClN6O2/c1-15-11-17(7-8-24-15)29-20-16(13-25-29)12-19(23)26-18(20)14-28(10-9-27(5)6)21(30)31-22(2,3)4/h7-8,11-13H,9-10,14H2,1-6H3. The first-order chi connectivity index (χ1) is 14.5. The molecule has 0 aliphatic rings. The highest BCUT2D eigenvalue weighted by Crippen LogP contribution is 2.25. The smallest absolute Gasteiger partial charge is 0.410 e. The molecule has 9 heteroatoms. The predicted octanol–water partition coefficient (Wildman–Crippen LogP) is 4.08. The van der Waals surface area contributed by atoms with Gasteiger partial charge in [0.25, 0.3) is 0 Å². The van der Waals surface area contributed by atoms with Crippen LogP contribution in [0.3, 0.4) is 0 Å². The molecule has 0 N–H and O–H groups in total. The summed E-state index contributed by atoms with van der Waals surface area (Å²) in [5.41, 5.74) is 2.60. The summed E-state index contributed by atoms with van der Waals surface area (Å²) in [5.74, 6) is 0. The number of pyridine rings is 2. The molecule has 8 nitrogen and oxygen atoms in total. The number of hydrogen-bond acceptors (Lipinski definition) is 6. The van der Waals surface area contributed by atoms with Gasteiger partial charge in [0.2, 0.25) is 0 Å². The van der Waals surface area contributed by atoms with Gasteiger partial charge in [-0.25, -0.2) is 14.5 Å². The number of rotatable bonds is 6. The van der Waals surface area contributed by atoms with Crippen LogP contribution in [0.25, 0.3) is 16.6 Å². The van der Waals surface area contributed by atoms with Gasteiger partial charge in [0.1, 0.15) is 10.8 Å². The molecule has 0 unspecified atom stereocenters. The average Bonchev–Trinajstić information content (AvgIpc) is 3.07. The average molecular weight is 445 g/mol. The van der Waals surface area contributed by atoms with Crippen LogP contribution in [0, 0.1) is 6.92 Å². The minimum Gasteiger partial charge on any atom is -0.444 e. The number of aromatic nitrogens is 4. The molecule has 0 atom stereocenters. The van der Waals surface area contributed by atoms with Crippen LogP contribution in [0.1, 0.15) is 32.2 Å². The Morgan fingerprint density at radius 2 is 1.97 bits per heavy atom. The van der Waals surface area contributed by atoms with Crippen LogP contribution in [0.5, 0.6) is 0 Å². The molecule has 3 heterocycles. The maximum atomic E-state index is 12.9. The van der Waals surface area contributed by atoms with E-state index in [1.54, 1.807) is 23.4 Å². The Bertz CT molecular complexity index is 1070. The number of fused-ring (bicyclic) bond motifs is 1. The van der Waals surface area contributed by atoms with Crippen molar-refractivity contribution in [1.82, 2.24) is 29.5 Å². The normalized spacial score (nSPS) is 11.9. The molecule has 31 heavy (non-hydrogen) atoms. The van der Waals surface area contributed by atoms with Gasteiger partial charge in [0.15, 0.2) is 0 Å². The van der Waals surface area contributed by atoms with Gasteiger partial charge in [0.05, 0.1) is 29.6 Å². The van der Waals surface area contributed by atoms with Gasteiger partial charge in [-0.05, 0) is 60.0 Å². The summed E-state index contributed by atoms with van der Waals surface area (Å²) in [6, 6.07) is 5.60. The zero-order valence-electron chi connectivity index (χ0n) is 18.9. The second kappa shape index (κ2) is 9.20. The lowest BCUT2D eigenvalue weighted by Gasteiger charge is -2.28. The molecular weight excluding hydrogens is 416 g/mol. The van der Waals surface area contributed by atoms with Gasteiger partial charge < -0.3 is 14.5 Å². The van der Waals surface area contributed by atoms with E-state index in [1.165, 1.54) is 0 Å². The van der Waals surface area contributed by atoms with E-state index in [2.05, 4.69) is 15.1 Å². The Kier molecular flexibility index (Phi) is 6.81. The second-order valence-electron chi connectivity index (χ2n) is 8.75. The van der Waals surface area contributed by atoms with E-state index in [-0.39, 0.29) is 6.54 Å². The molecule has 0 saturated heterocycles. The highest BCUT2D eigenvalue weighted by Gasteiger charge is 2.24. The van der Waals surface area contributed by atoms with Crippen molar-refractivity contribution in [2.24, 2.45) is 0 Å². The third kappa shape index (κ3) is 5.92. The van der Waals surface area contributed by atoms with Crippen molar-refractivity contribution in [1.29, 1.82) is 0 Å². The maximum Gasteiger partial charge on any atom is 0.410 e. The zero-order chi connectivity index (χ0) is 22.8. The number of nitrogens with zero attached hydrogens (tertiary/aromatic N) is 6. The molecule has 3 aromatic heterocycles. The molecule has 166 valence electrons. The molecule has 0 aliphatic heterocycles. The summed E-state index contributed by atoms with van der Waals surface area (Å²) in [7, 11) is 3.92. The maximum absolute atomic E-state index is 12.9. The third-order valence-electron chi connectivity index (χ3n) is 4.52. The quantitative estimate of drug-likeness (QED) is 0.533. The van der Waals surface area contributed by atoms with Crippen molar-refractivity contribution in [2.75, 3.05) is 27.2 Å². The minimum atomic E-state index is -0.596. The number of likely N-dealkylation sites (N-methyl/N-ethyl adjacent to an activating group) is 1. The summed E-state index contributed by atoms with van der Waals surface area (Å²) in [6.45, 7) is 8.90. The molecule has 3 aromatic rings. The van der Waals surface area contributed by atoms with Crippen LogP contribution in [-0.4, -0.2) is 68.4 Å². The minimum absolute atomic E-state index is 0.246. The van der Waals surface area contributed by atoms with Gasteiger partial charge in [-0.1, -0.05) is 11.6 Å². The Morgan fingerprint density at radius 3 is 2.61 bits per heavy atom. The van der Waals surface area contributed by atoms with Crippen molar-refractivity contribution in [3.8, 4) is 5.69 Å². The summed E-state index contributed by atoms with van der Waals surface area (Å²) in [5, 5.41) is 5.74. The van der Waals surface area contributed by atoms with Crippen molar-refractivity contribution in [3.05, 3.63) is 47.1 Å². The highest BCUT2D eigenvalue weighted by molar-refractivity contribution is 6.30. The lowest BCUT2D eigenvalue weighted by molar-refractivity contribution is 0.0222. The van der Waals surface area contributed by atoms with Crippen molar-refractivity contribution < 1.29 is 9.53 Å². The van der Waals surface area contributed by atoms with Crippen molar-refractivity contribution in [3.63, 3.8) is 0 Å². The Morgan fingerprint density at radius 1 is 1.23 bits per heavy atom.